The molecule has 3 aromatic rings. The third-order valence-corrected chi connectivity index (χ3v) is 5.67. The second-order valence-electron chi connectivity index (χ2n) is 6.49. The molecule has 4 nitrogen and oxygen atoms in total. The summed E-state index contributed by atoms with van der Waals surface area (Å²) in [6.07, 6.45) is 0.620. The highest BCUT2D eigenvalue weighted by Crippen LogP contribution is 2.43. The quantitative estimate of drug-likeness (QED) is 0.598. The zero-order valence-corrected chi connectivity index (χ0v) is 15.2. The number of aromatic amines is 1. The minimum absolute atomic E-state index is 0.0255. The van der Waals surface area contributed by atoms with Crippen LogP contribution in [0.3, 0.4) is 0 Å². The number of alkyl halides is 3. The third-order valence-electron chi connectivity index (χ3n) is 4.51. The van der Waals surface area contributed by atoms with Gasteiger partial charge in [-0.25, -0.2) is 4.98 Å². The highest BCUT2D eigenvalue weighted by Gasteiger charge is 2.30. The SMILES string of the molecule is FC(F)(F)COc1ccnc2c1CCCCC2Sc1nc2ccccc2[nH]1. The molecule has 1 aliphatic rings. The Bertz CT molecular complexity index is 908. The maximum Gasteiger partial charge on any atom is 0.422 e. The highest BCUT2D eigenvalue weighted by atomic mass is 32.2. The molecular formula is C19H18F3N3OS. The Hall–Kier alpha value is -2.22. The summed E-state index contributed by atoms with van der Waals surface area (Å²) in [5, 5.41) is 0.815. The third kappa shape index (κ3) is 4.21. The number of imidazole rings is 1. The fourth-order valence-corrected chi connectivity index (χ4v) is 4.51. The molecule has 2 heterocycles. The number of hydrogen-bond donors (Lipinski definition) is 1. The molecule has 1 aromatic carbocycles. The molecule has 1 N–H and O–H groups in total. The first-order chi connectivity index (χ1) is 13.0. The monoisotopic (exact) mass is 393 g/mol. The number of benzene rings is 1. The van der Waals surface area contributed by atoms with Crippen molar-refractivity contribution in [3.8, 4) is 5.75 Å². The number of H-pyrrole nitrogens is 1. The molecule has 0 saturated carbocycles. The van der Waals surface area contributed by atoms with E-state index in [2.05, 4.69) is 15.0 Å². The summed E-state index contributed by atoms with van der Waals surface area (Å²) in [6, 6.07) is 9.32. The molecule has 27 heavy (non-hydrogen) atoms. The summed E-state index contributed by atoms with van der Waals surface area (Å²) in [7, 11) is 0. The second-order valence-corrected chi connectivity index (χ2v) is 7.68. The van der Waals surface area contributed by atoms with Crippen molar-refractivity contribution in [3.63, 3.8) is 0 Å². The first-order valence-corrected chi connectivity index (χ1v) is 9.66. The summed E-state index contributed by atoms with van der Waals surface area (Å²) >= 11 is 1.57. The van der Waals surface area contributed by atoms with E-state index < -0.39 is 12.8 Å². The van der Waals surface area contributed by atoms with Crippen molar-refractivity contribution in [2.75, 3.05) is 6.61 Å². The largest absolute Gasteiger partial charge is 0.484 e. The predicted octanol–water partition coefficient (Wildman–Crippen LogP) is 5.46. The topological polar surface area (TPSA) is 50.8 Å². The lowest BCUT2D eigenvalue weighted by Gasteiger charge is -2.18. The molecular weight excluding hydrogens is 375 g/mol. The number of nitrogens with one attached hydrogen (secondary N) is 1. The Morgan fingerprint density at radius 1 is 1.19 bits per heavy atom. The van der Waals surface area contributed by atoms with Crippen molar-refractivity contribution in [3.05, 3.63) is 47.8 Å². The zero-order valence-electron chi connectivity index (χ0n) is 14.4. The molecule has 0 radical (unpaired) electrons. The van der Waals surface area contributed by atoms with Crippen LogP contribution in [0.15, 0.2) is 41.7 Å². The van der Waals surface area contributed by atoms with E-state index in [1.54, 1.807) is 11.8 Å². The first-order valence-electron chi connectivity index (χ1n) is 8.78. The lowest BCUT2D eigenvalue weighted by Crippen LogP contribution is -2.20. The minimum Gasteiger partial charge on any atom is -0.484 e. The van der Waals surface area contributed by atoms with Gasteiger partial charge in [0.25, 0.3) is 0 Å². The fraction of sp³-hybridized carbons (Fsp3) is 0.368. The van der Waals surface area contributed by atoms with Crippen molar-refractivity contribution in [2.45, 2.75) is 42.3 Å². The predicted molar refractivity (Wildman–Crippen MR) is 98.0 cm³/mol. The van der Waals surface area contributed by atoms with Crippen molar-refractivity contribution in [1.82, 2.24) is 15.0 Å². The van der Waals surface area contributed by atoms with E-state index in [1.165, 1.54) is 12.3 Å². The molecule has 1 atom stereocenters. The normalized spacial score (nSPS) is 17.5. The van der Waals surface area contributed by atoms with Gasteiger partial charge in [-0.15, -0.1) is 0 Å². The van der Waals surface area contributed by atoms with Gasteiger partial charge in [0.15, 0.2) is 11.8 Å². The zero-order chi connectivity index (χ0) is 18.9. The summed E-state index contributed by atoms with van der Waals surface area (Å²) in [4.78, 5) is 12.4. The number of thioether (sulfide) groups is 1. The smallest absolute Gasteiger partial charge is 0.422 e. The standard InChI is InChI=1S/C19H18F3N3OS/c20-19(21,22)11-26-15-9-10-23-17-12(15)5-1-4-8-16(17)27-18-24-13-6-2-3-7-14(13)25-18/h2-3,6-7,9-10,16H,1,4-5,8,11H2,(H,24,25). The van der Waals surface area contributed by atoms with Gasteiger partial charge >= 0.3 is 6.18 Å². The first kappa shape index (κ1) is 18.2. The van der Waals surface area contributed by atoms with Gasteiger partial charge in [-0.1, -0.05) is 30.3 Å². The Labute approximate surface area is 158 Å². The van der Waals surface area contributed by atoms with Crippen molar-refractivity contribution >= 4 is 22.8 Å². The molecule has 0 spiro atoms. The average Bonchev–Trinajstić information content (AvgIpc) is 2.93. The minimum atomic E-state index is -4.36. The summed E-state index contributed by atoms with van der Waals surface area (Å²) in [6.45, 7) is -1.29. The number of ether oxygens (including phenoxy) is 1. The Kier molecular flexibility index (Phi) is 4.99. The number of aromatic nitrogens is 3. The van der Waals surface area contributed by atoms with Crippen LogP contribution in [0.2, 0.25) is 0 Å². The van der Waals surface area contributed by atoms with E-state index in [0.717, 1.165) is 46.7 Å². The van der Waals surface area contributed by atoms with Crippen LogP contribution in [0.25, 0.3) is 11.0 Å². The van der Waals surface area contributed by atoms with Gasteiger partial charge < -0.3 is 9.72 Å². The molecule has 0 aliphatic heterocycles. The molecule has 4 rings (SSSR count). The van der Waals surface area contributed by atoms with Crippen molar-refractivity contribution in [2.24, 2.45) is 0 Å². The van der Waals surface area contributed by atoms with Crippen LogP contribution in [-0.4, -0.2) is 27.7 Å². The number of pyridine rings is 1. The lowest BCUT2D eigenvalue weighted by molar-refractivity contribution is -0.153. The van der Waals surface area contributed by atoms with E-state index in [1.807, 2.05) is 24.3 Å². The molecule has 0 bridgehead atoms. The Morgan fingerprint density at radius 3 is 2.85 bits per heavy atom. The van der Waals surface area contributed by atoms with E-state index in [0.29, 0.717) is 6.42 Å². The number of rotatable bonds is 4. The number of para-hydroxylation sites is 2. The maximum absolute atomic E-state index is 12.6. The molecule has 1 aliphatic carbocycles. The summed E-state index contributed by atoms with van der Waals surface area (Å²) in [5.41, 5.74) is 3.44. The summed E-state index contributed by atoms with van der Waals surface area (Å²) < 4.78 is 42.8. The van der Waals surface area contributed by atoms with Gasteiger partial charge in [0.2, 0.25) is 0 Å². The van der Waals surface area contributed by atoms with Crippen LogP contribution in [0.1, 0.15) is 35.8 Å². The number of nitrogens with zero attached hydrogens (tertiary/aromatic N) is 2. The molecule has 0 amide bonds. The van der Waals surface area contributed by atoms with Crippen LogP contribution >= 0.6 is 11.8 Å². The van der Waals surface area contributed by atoms with Crippen LogP contribution in [0.4, 0.5) is 13.2 Å². The van der Waals surface area contributed by atoms with Crippen LogP contribution < -0.4 is 4.74 Å². The van der Waals surface area contributed by atoms with Gasteiger partial charge in [-0.2, -0.15) is 13.2 Å². The lowest BCUT2D eigenvalue weighted by atomic mass is 10.1. The fourth-order valence-electron chi connectivity index (χ4n) is 3.32. The van der Waals surface area contributed by atoms with Crippen molar-refractivity contribution in [1.29, 1.82) is 0 Å². The Balaban J connectivity index is 1.61. The van der Waals surface area contributed by atoms with Crippen LogP contribution in [0, 0.1) is 0 Å². The molecule has 2 aromatic heterocycles. The summed E-state index contributed by atoms with van der Waals surface area (Å²) in [5.74, 6) is 0.287. The van der Waals surface area contributed by atoms with Gasteiger partial charge in [-0.05, 0) is 37.5 Å². The molecule has 8 heteroatoms. The highest BCUT2D eigenvalue weighted by molar-refractivity contribution is 7.99. The van der Waals surface area contributed by atoms with Crippen molar-refractivity contribution < 1.29 is 17.9 Å². The average molecular weight is 393 g/mol. The van der Waals surface area contributed by atoms with Gasteiger partial charge in [0.1, 0.15) is 5.75 Å². The van der Waals surface area contributed by atoms with E-state index in [9.17, 15) is 13.2 Å². The van der Waals surface area contributed by atoms with E-state index in [-0.39, 0.29) is 11.0 Å². The molecule has 1 unspecified atom stereocenters. The van der Waals surface area contributed by atoms with Crippen LogP contribution in [-0.2, 0) is 6.42 Å². The molecule has 142 valence electrons. The number of hydrogen-bond acceptors (Lipinski definition) is 4. The van der Waals surface area contributed by atoms with Crippen LogP contribution in [0.5, 0.6) is 5.75 Å². The van der Waals surface area contributed by atoms with E-state index in [4.69, 9.17) is 4.74 Å². The van der Waals surface area contributed by atoms with Gasteiger partial charge in [0, 0.05) is 11.8 Å². The van der Waals surface area contributed by atoms with Gasteiger partial charge in [0.05, 0.1) is 22.0 Å². The molecule has 0 fully saturated rings. The second kappa shape index (κ2) is 7.42. The van der Waals surface area contributed by atoms with E-state index >= 15 is 0 Å². The van der Waals surface area contributed by atoms with Gasteiger partial charge in [-0.3, -0.25) is 4.98 Å². The maximum atomic E-state index is 12.6. The number of halogens is 3. The number of fused-ring (bicyclic) bond motifs is 2. The Morgan fingerprint density at radius 2 is 2.04 bits per heavy atom. The molecule has 0 saturated heterocycles.